The summed E-state index contributed by atoms with van der Waals surface area (Å²) in [4.78, 5) is 0. The van der Waals surface area contributed by atoms with Crippen molar-refractivity contribution in [3.05, 3.63) is 71.3 Å². The zero-order chi connectivity index (χ0) is 14.5. The van der Waals surface area contributed by atoms with E-state index in [0.29, 0.717) is 0 Å². The van der Waals surface area contributed by atoms with Gasteiger partial charge in [0.1, 0.15) is 0 Å². The monoisotopic (exact) mass is 279 g/mol. The SMILES string of the molecule is CCNCC1(Cc2ccccc2)CCCc2ccccc21. The average molecular weight is 279 g/mol. The molecular weight excluding hydrogens is 254 g/mol. The van der Waals surface area contributed by atoms with Gasteiger partial charge in [0.2, 0.25) is 0 Å². The second-order valence-corrected chi connectivity index (χ2v) is 6.23. The van der Waals surface area contributed by atoms with E-state index >= 15 is 0 Å². The smallest absolute Gasteiger partial charge is 0.0121 e. The van der Waals surface area contributed by atoms with Crippen LogP contribution in [0, 0.1) is 0 Å². The van der Waals surface area contributed by atoms with Crippen LogP contribution in [0.3, 0.4) is 0 Å². The van der Waals surface area contributed by atoms with E-state index in [1.165, 1.54) is 24.8 Å². The van der Waals surface area contributed by atoms with Gasteiger partial charge in [-0.25, -0.2) is 0 Å². The van der Waals surface area contributed by atoms with E-state index in [2.05, 4.69) is 66.8 Å². The first-order valence-electron chi connectivity index (χ1n) is 8.17. The van der Waals surface area contributed by atoms with Gasteiger partial charge in [-0.2, -0.15) is 0 Å². The van der Waals surface area contributed by atoms with Gasteiger partial charge in [-0.1, -0.05) is 61.5 Å². The Morgan fingerprint density at radius 3 is 2.57 bits per heavy atom. The van der Waals surface area contributed by atoms with Gasteiger partial charge in [-0.3, -0.25) is 0 Å². The van der Waals surface area contributed by atoms with Crippen LogP contribution in [0.4, 0.5) is 0 Å². The first-order valence-corrected chi connectivity index (χ1v) is 8.17. The molecule has 1 unspecified atom stereocenters. The molecule has 0 aliphatic heterocycles. The largest absolute Gasteiger partial charge is 0.316 e. The Kier molecular flexibility index (Phi) is 4.40. The maximum absolute atomic E-state index is 3.62. The van der Waals surface area contributed by atoms with Crippen molar-refractivity contribution >= 4 is 0 Å². The van der Waals surface area contributed by atoms with Crippen LogP contribution in [0.1, 0.15) is 36.5 Å². The van der Waals surface area contributed by atoms with Crippen LogP contribution in [0.25, 0.3) is 0 Å². The Balaban J connectivity index is 1.98. The fourth-order valence-corrected chi connectivity index (χ4v) is 3.79. The molecule has 0 saturated carbocycles. The maximum atomic E-state index is 3.62. The van der Waals surface area contributed by atoms with Crippen LogP contribution in [0.2, 0.25) is 0 Å². The number of rotatable bonds is 5. The summed E-state index contributed by atoms with van der Waals surface area (Å²) in [5.74, 6) is 0. The molecule has 2 aromatic carbocycles. The average Bonchev–Trinajstić information content (AvgIpc) is 2.54. The van der Waals surface area contributed by atoms with Crippen LogP contribution in [0.15, 0.2) is 54.6 Å². The van der Waals surface area contributed by atoms with Crippen LogP contribution in [-0.2, 0) is 18.3 Å². The zero-order valence-corrected chi connectivity index (χ0v) is 12.9. The van der Waals surface area contributed by atoms with Crippen molar-refractivity contribution in [3.8, 4) is 0 Å². The zero-order valence-electron chi connectivity index (χ0n) is 12.9. The van der Waals surface area contributed by atoms with Crippen molar-refractivity contribution in [2.24, 2.45) is 0 Å². The molecular formula is C20H25N. The van der Waals surface area contributed by atoms with Crippen molar-refractivity contribution in [3.63, 3.8) is 0 Å². The summed E-state index contributed by atoms with van der Waals surface area (Å²) in [7, 11) is 0. The summed E-state index contributed by atoms with van der Waals surface area (Å²) < 4.78 is 0. The van der Waals surface area contributed by atoms with Crippen LogP contribution >= 0.6 is 0 Å². The van der Waals surface area contributed by atoms with Crippen molar-refractivity contribution in [1.82, 2.24) is 5.32 Å². The van der Waals surface area contributed by atoms with Crippen LogP contribution in [-0.4, -0.2) is 13.1 Å². The quantitative estimate of drug-likeness (QED) is 0.868. The number of nitrogens with one attached hydrogen (secondary N) is 1. The highest BCUT2D eigenvalue weighted by atomic mass is 14.9. The lowest BCUT2D eigenvalue weighted by Crippen LogP contribution is -2.42. The number of likely N-dealkylation sites (N-methyl/N-ethyl adjacent to an activating group) is 1. The highest BCUT2D eigenvalue weighted by Crippen LogP contribution is 2.39. The fraction of sp³-hybridized carbons (Fsp3) is 0.400. The highest BCUT2D eigenvalue weighted by molar-refractivity contribution is 5.39. The minimum atomic E-state index is 0.256. The van der Waals surface area contributed by atoms with Gasteiger partial charge in [0.15, 0.2) is 0 Å². The summed E-state index contributed by atoms with van der Waals surface area (Å²) in [6.45, 7) is 4.32. The minimum Gasteiger partial charge on any atom is -0.316 e. The number of benzene rings is 2. The Labute approximate surface area is 128 Å². The molecule has 0 heterocycles. The molecule has 0 aromatic heterocycles. The van der Waals surface area contributed by atoms with E-state index in [9.17, 15) is 0 Å². The van der Waals surface area contributed by atoms with Crippen molar-refractivity contribution in [2.45, 2.75) is 38.0 Å². The molecule has 21 heavy (non-hydrogen) atoms. The molecule has 0 bridgehead atoms. The summed E-state index contributed by atoms with van der Waals surface area (Å²) >= 11 is 0. The Morgan fingerprint density at radius 1 is 1.00 bits per heavy atom. The highest BCUT2D eigenvalue weighted by Gasteiger charge is 2.35. The van der Waals surface area contributed by atoms with Crippen molar-refractivity contribution < 1.29 is 0 Å². The number of aryl methyl sites for hydroxylation is 1. The van der Waals surface area contributed by atoms with Gasteiger partial charge in [0.05, 0.1) is 0 Å². The molecule has 1 nitrogen and oxygen atoms in total. The topological polar surface area (TPSA) is 12.0 Å². The van der Waals surface area contributed by atoms with Crippen LogP contribution < -0.4 is 5.32 Å². The summed E-state index contributed by atoms with van der Waals surface area (Å²) in [6, 6.07) is 20.0. The molecule has 0 fully saturated rings. The second kappa shape index (κ2) is 6.44. The molecule has 3 rings (SSSR count). The molecule has 1 atom stereocenters. The molecule has 0 amide bonds. The summed E-state index contributed by atoms with van der Waals surface area (Å²) in [6.07, 6.45) is 4.96. The summed E-state index contributed by atoms with van der Waals surface area (Å²) in [5, 5.41) is 3.62. The van der Waals surface area contributed by atoms with Gasteiger partial charge in [-0.05, 0) is 48.9 Å². The Morgan fingerprint density at radius 2 is 1.76 bits per heavy atom. The molecule has 110 valence electrons. The van der Waals surface area contributed by atoms with Gasteiger partial charge >= 0.3 is 0 Å². The predicted molar refractivity (Wildman–Crippen MR) is 89.7 cm³/mol. The van der Waals surface area contributed by atoms with E-state index in [-0.39, 0.29) is 5.41 Å². The normalized spacial score (nSPS) is 21.0. The molecule has 1 N–H and O–H groups in total. The lowest BCUT2D eigenvalue weighted by atomic mass is 9.66. The second-order valence-electron chi connectivity index (χ2n) is 6.23. The number of hydrogen-bond donors (Lipinski definition) is 1. The van der Waals surface area contributed by atoms with E-state index in [0.717, 1.165) is 19.5 Å². The third-order valence-electron chi connectivity index (χ3n) is 4.79. The predicted octanol–water partition coefficient (Wildman–Crippen LogP) is 4.11. The Bertz CT molecular complexity index is 575. The van der Waals surface area contributed by atoms with Gasteiger partial charge in [0.25, 0.3) is 0 Å². The fourth-order valence-electron chi connectivity index (χ4n) is 3.79. The molecule has 1 aliphatic carbocycles. The third kappa shape index (κ3) is 3.03. The van der Waals surface area contributed by atoms with Gasteiger partial charge in [0, 0.05) is 12.0 Å². The van der Waals surface area contributed by atoms with E-state index < -0.39 is 0 Å². The minimum absolute atomic E-state index is 0.256. The molecule has 0 radical (unpaired) electrons. The van der Waals surface area contributed by atoms with Crippen molar-refractivity contribution in [1.29, 1.82) is 0 Å². The van der Waals surface area contributed by atoms with Gasteiger partial charge < -0.3 is 5.32 Å². The van der Waals surface area contributed by atoms with E-state index in [1.54, 1.807) is 11.1 Å². The third-order valence-corrected chi connectivity index (χ3v) is 4.79. The summed E-state index contributed by atoms with van der Waals surface area (Å²) in [5.41, 5.74) is 4.83. The van der Waals surface area contributed by atoms with E-state index in [4.69, 9.17) is 0 Å². The van der Waals surface area contributed by atoms with Crippen molar-refractivity contribution in [2.75, 3.05) is 13.1 Å². The Hall–Kier alpha value is -1.60. The number of fused-ring (bicyclic) bond motifs is 1. The molecule has 0 spiro atoms. The molecule has 1 heteroatoms. The lowest BCUT2D eigenvalue weighted by Gasteiger charge is -2.40. The molecule has 1 aliphatic rings. The first-order chi connectivity index (χ1) is 10.3. The van der Waals surface area contributed by atoms with Gasteiger partial charge in [-0.15, -0.1) is 0 Å². The molecule has 0 saturated heterocycles. The van der Waals surface area contributed by atoms with E-state index in [1.807, 2.05) is 0 Å². The standard InChI is InChI=1S/C20H25N/c1-2-21-16-20(15-17-9-4-3-5-10-17)14-8-12-18-11-6-7-13-19(18)20/h3-7,9-11,13,21H,2,8,12,14-16H2,1H3. The number of hydrogen-bond acceptors (Lipinski definition) is 1. The first kappa shape index (κ1) is 14.3. The molecule has 2 aromatic rings. The lowest BCUT2D eigenvalue weighted by molar-refractivity contribution is 0.338. The van der Waals surface area contributed by atoms with Crippen LogP contribution in [0.5, 0.6) is 0 Å². The maximum Gasteiger partial charge on any atom is 0.0121 e.